The third-order valence-corrected chi connectivity index (χ3v) is 3.90. The van der Waals surface area contributed by atoms with Gasteiger partial charge in [-0.2, -0.15) is 0 Å². The van der Waals surface area contributed by atoms with Gasteiger partial charge in [0.2, 0.25) is 0 Å². The highest BCUT2D eigenvalue weighted by Gasteiger charge is 2.03. The monoisotopic (exact) mass is 261 g/mol. The maximum absolute atomic E-state index is 4.18. The summed E-state index contributed by atoms with van der Waals surface area (Å²) in [6.45, 7) is 0. The van der Waals surface area contributed by atoms with E-state index in [2.05, 4.69) is 51.4 Å². The Morgan fingerprint density at radius 1 is 0.737 bits per heavy atom. The van der Waals surface area contributed by atoms with Crippen molar-refractivity contribution in [1.29, 1.82) is 0 Å². The normalized spacial score (nSPS) is 10.3. The van der Waals surface area contributed by atoms with Crippen molar-refractivity contribution in [1.82, 2.24) is 15.0 Å². The molecule has 1 heterocycles. The molecule has 3 nitrogen and oxygen atoms in total. The van der Waals surface area contributed by atoms with Crippen molar-refractivity contribution in [3.63, 3.8) is 0 Å². The summed E-state index contributed by atoms with van der Waals surface area (Å²) in [5, 5.41) is 2.61. The van der Waals surface area contributed by atoms with E-state index in [9.17, 15) is 0 Å². The molecule has 0 N–H and O–H groups in total. The quantitative estimate of drug-likeness (QED) is 0.665. The summed E-state index contributed by atoms with van der Waals surface area (Å²) >= 11 is 0. The molecule has 0 fully saturated rings. The van der Waals surface area contributed by atoms with Gasteiger partial charge in [-0.3, -0.25) is 0 Å². The predicted molar refractivity (Wildman–Crippen MR) is 76.7 cm³/mol. The van der Waals surface area contributed by atoms with Gasteiger partial charge in [-0.1, -0.05) is 65.0 Å². The van der Waals surface area contributed by atoms with Gasteiger partial charge in [-0.15, -0.1) is 0 Å². The number of benzene rings is 2. The zero-order chi connectivity index (χ0) is 12.9. The predicted octanol–water partition coefficient (Wildman–Crippen LogP) is 1.19. The van der Waals surface area contributed by atoms with E-state index in [0.29, 0.717) is 9.52 Å². The molecule has 0 saturated carbocycles. The van der Waals surface area contributed by atoms with E-state index in [-0.39, 0.29) is 0 Å². The smallest absolute Gasteiger partial charge is 0.162 e. The van der Waals surface area contributed by atoms with E-state index in [1.54, 1.807) is 0 Å². The molecule has 0 aliphatic heterocycles. The Morgan fingerprint density at radius 3 is 2.26 bits per heavy atom. The molecule has 4 heteroatoms. The van der Waals surface area contributed by atoms with Crippen LogP contribution in [-0.4, -0.2) is 24.5 Å². The fourth-order valence-corrected chi connectivity index (χ4v) is 2.91. The van der Waals surface area contributed by atoms with Crippen LogP contribution in [0, 0.1) is 0 Å². The maximum atomic E-state index is 4.18. The first kappa shape index (κ1) is 11.7. The van der Waals surface area contributed by atoms with Crippen LogP contribution in [0.5, 0.6) is 0 Å². The van der Waals surface area contributed by atoms with Crippen molar-refractivity contribution in [2.24, 2.45) is 0 Å². The van der Waals surface area contributed by atoms with Gasteiger partial charge >= 0.3 is 0 Å². The Morgan fingerprint density at radius 2 is 1.47 bits per heavy atom. The molecule has 0 saturated heterocycles. The molecular weight excluding hydrogens is 250 g/mol. The molecule has 19 heavy (non-hydrogen) atoms. The Labute approximate surface area is 114 Å². The van der Waals surface area contributed by atoms with Gasteiger partial charge in [0.05, 0.1) is 0 Å². The Kier molecular flexibility index (Phi) is 3.42. The summed E-state index contributed by atoms with van der Waals surface area (Å²) in [5.41, 5.74) is 1.03. The lowest BCUT2D eigenvalue weighted by molar-refractivity contribution is 1.06. The molecule has 0 spiro atoms. The molecule has 2 aromatic carbocycles. The summed E-state index contributed by atoms with van der Waals surface area (Å²) in [7, 11) is 0.647. The third-order valence-electron chi connectivity index (χ3n) is 2.68. The van der Waals surface area contributed by atoms with Crippen LogP contribution >= 0.6 is 0 Å². The zero-order valence-electron chi connectivity index (χ0n) is 10.2. The number of nitrogens with zero attached hydrogens (tertiary/aromatic N) is 3. The van der Waals surface area contributed by atoms with Crippen molar-refractivity contribution in [3.8, 4) is 11.4 Å². The van der Waals surface area contributed by atoms with E-state index in [1.165, 1.54) is 23.0 Å². The SMILES string of the molecule is c1ccc([Si]c2cccc(-c3ncncn3)c2)cc1. The summed E-state index contributed by atoms with van der Waals surface area (Å²) in [4.78, 5) is 12.2. The molecule has 1 aromatic heterocycles. The third kappa shape index (κ3) is 2.92. The van der Waals surface area contributed by atoms with Crippen molar-refractivity contribution < 1.29 is 0 Å². The van der Waals surface area contributed by atoms with Gasteiger partial charge in [0.1, 0.15) is 22.2 Å². The van der Waals surface area contributed by atoms with Crippen LogP contribution in [0.3, 0.4) is 0 Å². The van der Waals surface area contributed by atoms with E-state index >= 15 is 0 Å². The molecule has 0 atom stereocenters. The first-order valence-electron chi connectivity index (χ1n) is 5.96. The van der Waals surface area contributed by atoms with Crippen LogP contribution in [0.25, 0.3) is 11.4 Å². The van der Waals surface area contributed by atoms with Crippen molar-refractivity contribution >= 4 is 19.9 Å². The second-order valence-electron chi connectivity index (χ2n) is 4.03. The molecule has 0 unspecified atom stereocenters. The van der Waals surface area contributed by atoms with Gasteiger partial charge in [0.25, 0.3) is 0 Å². The minimum Gasteiger partial charge on any atom is -0.225 e. The lowest BCUT2D eigenvalue weighted by atomic mass is 10.2. The fourth-order valence-electron chi connectivity index (χ4n) is 1.81. The van der Waals surface area contributed by atoms with E-state index in [4.69, 9.17) is 0 Å². The Bertz CT molecular complexity index is 657. The first-order chi connectivity index (χ1) is 9.42. The van der Waals surface area contributed by atoms with Crippen LogP contribution in [0.15, 0.2) is 67.3 Å². The van der Waals surface area contributed by atoms with Gasteiger partial charge < -0.3 is 0 Å². The summed E-state index contributed by atoms with van der Waals surface area (Å²) in [6.07, 6.45) is 3.04. The first-order valence-corrected chi connectivity index (χ1v) is 6.96. The second kappa shape index (κ2) is 5.54. The minimum atomic E-state index is 0.647. The van der Waals surface area contributed by atoms with Gasteiger partial charge in [-0.25, -0.2) is 15.0 Å². The molecule has 0 aliphatic carbocycles. The van der Waals surface area contributed by atoms with E-state index in [0.717, 1.165) is 11.4 Å². The van der Waals surface area contributed by atoms with Crippen LogP contribution in [-0.2, 0) is 0 Å². The molecule has 0 aliphatic rings. The fraction of sp³-hybridized carbons (Fsp3) is 0. The van der Waals surface area contributed by atoms with Crippen molar-refractivity contribution in [2.45, 2.75) is 0 Å². The molecule has 0 amide bonds. The van der Waals surface area contributed by atoms with Crippen LogP contribution in [0.4, 0.5) is 0 Å². The highest BCUT2D eigenvalue weighted by molar-refractivity contribution is 6.67. The van der Waals surface area contributed by atoms with Gasteiger partial charge in [0.15, 0.2) is 5.82 Å². The molecule has 3 rings (SSSR count). The van der Waals surface area contributed by atoms with Gasteiger partial charge in [-0.05, 0) is 0 Å². The largest absolute Gasteiger partial charge is 0.225 e. The second-order valence-corrected chi connectivity index (χ2v) is 5.44. The van der Waals surface area contributed by atoms with E-state index in [1.807, 2.05) is 18.2 Å². The minimum absolute atomic E-state index is 0.647. The summed E-state index contributed by atoms with van der Waals surface area (Å²) < 4.78 is 0. The standard InChI is InChI=1S/C15H11N3Si/c1-2-6-13(7-3-1)19-14-8-4-5-12(9-14)15-17-10-16-11-18-15/h1-11H. The lowest BCUT2D eigenvalue weighted by Gasteiger charge is -2.03. The number of hydrogen-bond donors (Lipinski definition) is 0. The highest BCUT2D eigenvalue weighted by Crippen LogP contribution is 2.10. The Hall–Kier alpha value is -2.33. The van der Waals surface area contributed by atoms with Gasteiger partial charge in [0, 0.05) is 5.56 Å². The number of hydrogen-bond acceptors (Lipinski definition) is 3. The molecular formula is C15H11N3Si. The van der Waals surface area contributed by atoms with Crippen LogP contribution in [0.2, 0.25) is 0 Å². The maximum Gasteiger partial charge on any atom is 0.162 e. The Balaban J connectivity index is 1.89. The van der Waals surface area contributed by atoms with Crippen molar-refractivity contribution in [2.75, 3.05) is 0 Å². The average Bonchev–Trinajstić information content (AvgIpc) is 2.49. The molecule has 0 bridgehead atoms. The molecule has 90 valence electrons. The number of aromatic nitrogens is 3. The summed E-state index contributed by atoms with van der Waals surface area (Å²) in [5.74, 6) is 0.717. The lowest BCUT2D eigenvalue weighted by Crippen LogP contribution is -2.26. The molecule has 2 radical (unpaired) electrons. The van der Waals surface area contributed by atoms with Crippen LogP contribution < -0.4 is 10.4 Å². The van der Waals surface area contributed by atoms with Crippen LogP contribution in [0.1, 0.15) is 0 Å². The summed E-state index contributed by atoms with van der Waals surface area (Å²) in [6, 6.07) is 18.8. The topological polar surface area (TPSA) is 38.7 Å². The van der Waals surface area contributed by atoms with E-state index < -0.39 is 0 Å². The number of rotatable bonds is 3. The van der Waals surface area contributed by atoms with Crippen molar-refractivity contribution in [3.05, 3.63) is 67.3 Å². The zero-order valence-corrected chi connectivity index (χ0v) is 11.2. The molecule has 3 aromatic rings. The average molecular weight is 261 g/mol. The highest BCUT2D eigenvalue weighted by atomic mass is 28.2.